The van der Waals surface area contributed by atoms with Crippen LogP contribution in [0.4, 0.5) is 0 Å². The molecule has 1 atom stereocenters. The molecule has 0 aliphatic rings. The van der Waals surface area contributed by atoms with Crippen molar-refractivity contribution in [3.05, 3.63) is 0 Å². The number of rotatable bonds is 5. The van der Waals surface area contributed by atoms with Crippen molar-refractivity contribution in [3.8, 4) is 0 Å². The smallest absolute Gasteiger partial charge is 0.320 e. The van der Waals surface area contributed by atoms with Gasteiger partial charge < -0.3 is 21.0 Å². The minimum Gasteiger partial charge on any atom is -0.480 e. The molecule has 0 saturated carbocycles. The summed E-state index contributed by atoms with van der Waals surface area (Å²) in [6.07, 6.45) is 1.10. The number of carbonyl (C=O) groups excluding carboxylic acids is 2. The van der Waals surface area contributed by atoms with Crippen LogP contribution in [0.1, 0.15) is 26.7 Å². The van der Waals surface area contributed by atoms with E-state index in [9.17, 15) is 9.59 Å². The number of aliphatic carboxylic acids is 1. The standard InChI is InChI=1S/C7H14N2O3.C2H4O/c1-2-9-6(10)4-3-5(8)7(11)12;1-2-3/h5H,2-4,8H2,1H3,(H,9,10)(H,11,12);2H,1H3. The number of nitrogens with one attached hydrogen (secondary N) is 1. The van der Waals surface area contributed by atoms with Crippen LogP contribution >= 0.6 is 0 Å². The fourth-order valence-electron chi connectivity index (χ4n) is 0.696. The minimum absolute atomic E-state index is 0.158. The van der Waals surface area contributed by atoms with Crippen molar-refractivity contribution < 1.29 is 19.5 Å². The molecule has 6 nitrogen and oxygen atoms in total. The summed E-state index contributed by atoms with van der Waals surface area (Å²) in [6.45, 7) is 3.80. The predicted octanol–water partition coefficient (Wildman–Crippen LogP) is -0.480. The molecule has 0 aliphatic carbocycles. The third kappa shape index (κ3) is 12.6. The molecule has 0 saturated heterocycles. The van der Waals surface area contributed by atoms with E-state index in [2.05, 4.69) is 5.32 Å². The molecule has 1 unspecified atom stereocenters. The number of amides is 1. The first kappa shape index (κ1) is 16.0. The Morgan fingerprint density at radius 1 is 1.53 bits per heavy atom. The molecule has 1 amide bonds. The maximum atomic E-state index is 10.8. The van der Waals surface area contributed by atoms with Gasteiger partial charge >= 0.3 is 5.97 Å². The molecule has 0 aliphatic heterocycles. The van der Waals surface area contributed by atoms with Crippen molar-refractivity contribution in [1.29, 1.82) is 0 Å². The summed E-state index contributed by atoms with van der Waals surface area (Å²) in [7, 11) is 0. The SMILES string of the molecule is CC=O.CCNC(=O)CCC(N)C(=O)O. The van der Waals surface area contributed by atoms with Crippen LogP contribution in [-0.4, -0.2) is 35.9 Å². The van der Waals surface area contributed by atoms with Crippen LogP contribution in [0.25, 0.3) is 0 Å². The Labute approximate surface area is 88.8 Å². The van der Waals surface area contributed by atoms with Gasteiger partial charge in [0.15, 0.2) is 0 Å². The van der Waals surface area contributed by atoms with Crippen LogP contribution in [0.15, 0.2) is 0 Å². The molecule has 0 radical (unpaired) electrons. The Morgan fingerprint density at radius 3 is 2.33 bits per heavy atom. The van der Waals surface area contributed by atoms with Gasteiger partial charge in [-0.05, 0) is 20.3 Å². The highest BCUT2D eigenvalue weighted by molar-refractivity contribution is 5.78. The van der Waals surface area contributed by atoms with E-state index in [1.54, 1.807) is 6.92 Å². The number of hydrogen-bond donors (Lipinski definition) is 3. The lowest BCUT2D eigenvalue weighted by atomic mass is 10.1. The number of hydrogen-bond acceptors (Lipinski definition) is 4. The van der Waals surface area contributed by atoms with Crippen molar-refractivity contribution in [3.63, 3.8) is 0 Å². The quantitative estimate of drug-likeness (QED) is 0.540. The Hall–Kier alpha value is -1.43. The number of carbonyl (C=O) groups is 3. The van der Waals surface area contributed by atoms with Gasteiger partial charge in [0.25, 0.3) is 0 Å². The number of carboxylic acids is 1. The number of carboxylic acid groups (broad SMARTS) is 1. The maximum Gasteiger partial charge on any atom is 0.320 e. The van der Waals surface area contributed by atoms with Gasteiger partial charge in [-0.1, -0.05) is 0 Å². The van der Waals surface area contributed by atoms with Gasteiger partial charge in [-0.25, -0.2) is 0 Å². The second-order valence-corrected chi connectivity index (χ2v) is 2.67. The third-order valence-electron chi connectivity index (χ3n) is 1.37. The Kier molecular flexibility index (Phi) is 11.4. The largest absolute Gasteiger partial charge is 0.480 e. The monoisotopic (exact) mass is 218 g/mol. The van der Waals surface area contributed by atoms with E-state index in [-0.39, 0.29) is 18.7 Å². The molecular formula is C9H18N2O4. The highest BCUT2D eigenvalue weighted by Gasteiger charge is 2.12. The zero-order valence-corrected chi connectivity index (χ0v) is 9.03. The number of nitrogens with two attached hydrogens (primary N) is 1. The summed E-state index contributed by atoms with van der Waals surface area (Å²) >= 11 is 0. The summed E-state index contributed by atoms with van der Waals surface area (Å²) in [4.78, 5) is 29.8. The zero-order valence-electron chi connectivity index (χ0n) is 9.03. The maximum absolute atomic E-state index is 10.8. The van der Waals surface area contributed by atoms with Crippen molar-refractivity contribution in [2.75, 3.05) is 6.54 Å². The van der Waals surface area contributed by atoms with Gasteiger partial charge in [-0.3, -0.25) is 9.59 Å². The predicted molar refractivity (Wildman–Crippen MR) is 55.3 cm³/mol. The van der Waals surface area contributed by atoms with Crippen LogP contribution < -0.4 is 11.1 Å². The summed E-state index contributed by atoms with van der Waals surface area (Å²) in [5.74, 6) is -1.23. The third-order valence-corrected chi connectivity index (χ3v) is 1.37. The first-order chi connectivity index (χ1) is 6.99. The molecule has 0 bridgehead atoms. The molecule has 0 spiro atoms. The molecule has 0 aromatic rings. The molecular weight excluding hydrogens is 200 g/mol. The van der Waals surface area contributed by atoms with Gasteiger partial charge in [0.05, 0.1) is 0 Å². The summed E-state index contributed by atoms with van der Waals surface area (Å²) in [5, 5.41) is 10.9. The molecule has 4 N–H and O–H groups in total. The first-order valence-corrected chi connectivity index (χ1v) is 4.64. The van der Waals surface area contributed by atoms with Crippen molar-refractivity contribution in [2.45, 2.75) is 32.7 Å². The van der Waals surface area contributed by atoms with Crippen molar-refractivity contribution >= 4 is 18.2 Å². The van der Waals surface area contributed by atoms with Gasteiger partial charge in [0.2, 0.25) is 5.91 Å². The Balaban J connectivity index is 0. The van der Waals surface area contributed by atoms with E-state index in [1.807, 2.05) is 0 Å². The normalized spacial score (nSPS) is 10.6. The second-order valence-electron chi connectivity index (χ2n) is 2.67. The Bertz CT molecular complexity index is 206. The van der Waals surface area contributed by atoms with E-state index >= 15 is 0 Å². The minimum atomic E-state index is -1.07. The fourth-order valence-corrected chi connectivity index (χ4v) is 0.696. The summed E-state index contributed by atoms with van der Waals surface area (Å²) in [6, 6.07) is -0.937. The molecule has 0 fully saturated rings. The van der Waals surface area contributed by atoms with Crippen LogP contribution in [0.5, 0.6) is 0 Å². The fraction of sp³-hybridized carbons (Fsp3) is 0.667. The van der Waals surface area contributed by atoms with E-state index in [0.717, 1.165) is 6.29 Å². The lowest BCUT2D eigenvalue weighted by molar-refractivity contribution is -0.138. The molecule has 88 valence electrons. The first-order valence-electron chi connectivity index (χ1n) is 4.64. The molecule has 6 heteroatoms. The van der Waals surface area contributed by atoms with Crippen LogP contribution in [0.2, 0.25) is 0 Å². The molecule has 15 heavy (non-hydrogen) atoms. The lowest BCUT2D eigenvalue weighted by Crippen LogP contribution is -2.32. The average molecular weight is 218 g/mol. The van der Waals surface area contributed by atoms with Gasteiger partial charge in [0, 0.05) is 13.0 Å². The van der Waals surface area contributed by atoms with E-state index in [4.69, 9.17) is 15.6 Å². The van der Waals surface area contributed by atoms with Gasteiger partial charge in [0.1, 0.15) is 12.3 Å². The van der Waals surface area contributed by atoms with Crippen LogP contribution in [-0.2, 0) is 14.4 Å². The molecule has 0 rings (SSSR count). The van der Waals surface area contributed by atoms with Gasteiger partial charge in [-0.2, -0.15) is 0 Å². The summed E-state index contributed by atoms with van der Waals surface area (Å²) < 4.78 is 0. The van der Waals surface area contributed by atoms with Crippen molar-refractivity contribution in [2.24, 2.45) is 5.73 Å². The topological polar surface area (TPSA) is 109 Å². The molecule has 0 aromatic heterocycles. The number of aldehydes is 1. The Morgan fingerprint density at radius 2 is 2.00 bits per heavy atom. The molecule has 0 aromatic carbocycles. The second kappa shape index (κ2) is 10.6. The highest BCUT2D eigenvalue weighted by atomic mass is 16.4. The van der Waals surface area contributed by atoms with E-state index in [0.29, 0.717) is 6.54 Å². The summed E-state index contributed by atoms with van der Waals surface area (Å²) in [5.41, 5.74) is 5.18. The molecule has 0 heterocycles. The van der Waals surface area contributed by atoms with Crippen molar-refractivity contribution in [1.82, 2.24) is 5.32 Å². The lowest BCUT2D eigenvalue weighted by Gasteiger charge is -2.05. The van der Waals surface area contributed by atoms with E-state index < -0.39 is 12.0 Å². The highest BCUT2D eigenvalue weighted by Crippen LogP contribution is 1.93. The van der Waals surface area contributed by atoms with Crippen LogP contribution in [0.3, 0.4) is 0 Å². The van der Waals surface area contributed by atoms with Crippen LogP contribution in [0, 0.1) is 0 Å². The van der Waals surface area contributed by atoms with Gasteiger partial charge in [-0.15, -0.1) is 0 Å². The zero-order chi connectivity index (χ0) is 12.3. The average Bonchev–Trinajstić information content (AvgIpc) is 2.15. The van der Waals surface area contributed by atoms with E-state index in [1.165, 1.54) is 6.92 Å².